The Morgan fingerprint density at radius 3 is 2.76 bits per heavy atom. The van der Waals surface area contributed by atoms with E-state index in [9.17, 15) is 4.79 Å². The quantitative estimate of drug-likeness (QED) is 0.294. The van der Waals surface area contributed by atoms with E-state index < -0.39 is 0 Å². The summed E-state index contributed by atoms with van der Waals surface area (Å²) in [5.41, 5.74) is 0.484. The number of benzene rings is 1. The summed E-state index contributed by atoms with van der Waals surface area (Å²) >= 11 is 3.36. The van der Waals surface area contributed by atoms with Gasteiger partial charge in [0.1, 0.15) is 5.75 Å². The van der Waals surface area contributed by atoms with E-state index in [-0.39, 0.29) is 12.6 Å². The molecule has 1 aromatic carbocycles. The molecule has 0 N–H and O–H groups in total. The van der Waals surface area contributed by atoms with E-state index in [0.29, 0.717) is 24.5 Å². The predicted molar refractivity (Wildman–Crippen MR) is 84.6 cm³/mol. The highest BCUT2D eigenvalue weighted by atomic mass is 79.9. The highest BCUT2D eigenvalue weighted by molar-refractivity contribution is 9.10. The Morgan fingerprint density at radius 2 is 2.10 bits per heavy atom. The van der Waals surface area contributed by atoms with Crippen molar-refractivity contribution in [2.45, 2.75) is 0 Å². The molecule has 0 radical (unpaired) electrons. The minimum Gasteiger partial charge on any atom is -0.467 e. The topological polar surface area (TPSA) is 48.0 Å². The molecule has 116 valence electrons. The molecule has 0 aliphatic carbocycles. The highest BCUT2D eigenvalue weighted by Gasteiger charge is 2.11. The third-order valence-corrected chi connectivity index (χ3v) is 2.95. The number of carbonyl (C=O) groups excluding carboxylic acids is 1. The summed E-state index contributed by atoms with van der Waals surface area (Å²) < 4.78 is 16.4. The lowest BCUT2D eigenvalue weighted by molar-refractivity contribution is -0.00871. The van der Waals surface area contributed by atoms with Crippen molar-refractivity contribution < 1.29 is 19.0 Å². The fourth-order valence-electron chi connectivity index (χ4n) is 1.43. The average Bonchev–Trinajstić information content (AvgIpc) is 2.45. The van der Waals surface area contributed by atoms with Crippen LogP contribution in [-0.2, 0) is 9.47 Å². The van der Waals surface area contributed by atoms with Gasteiger partial charge in [0.25, 0.3) is 0 Å². The maximum atomic E-state index is 12.2. The fourth-order valence-corrected chi connectivity index (χ4v) is 1.79. The summed E-state index contributed by atoms with van der Waals surface area (Å²) in [6, 6.07) is 5.28. The van der Waals surface area contributed by atoms with Crippen LogP contribution in [0.25, 0.3) is 0 Å². The van der Waals surface area contributed by atoms with Crippen molar-refractivity contribution in [2.24, 2.45) is 0 Å². The molecule has 0 unspecified atom stereocenters. The number of ether oxygens (including phenoxy) is 3. The summed E-state index contributed by atoms with van der Waals surface area (Å²) in [5.74, 6) is 0.362. The molecule has 1 aromatic rings. The van der Waals surface area contributed by atoms with Crippen molar-refractivity contribution in [3.05, 3.63) is 40.5 Å². The van der Waals surface area contributed by atoms with E-state index in [2.05, 4.69) is 15.9 Å². The van der Waals surface area contributed by atoms with Gasteiger partial charge in [0, 0.05) is 38.0 Å². The molecule has 5 nitrogen and oxygen atoms in total. The first kappa shape index (κ1) is 17.7. The number of nitrogens with zero attached hydrogens (tertiary/aromatic N) is 1. The average molecular weight is 358 g/mol. The number of ketones is 1. The standard InChI is InChI=1S/C15H20BrNO4/c1-17(2)7-6-14(18)13-10-12(16)4-5-15(13)21-11-20-9-8-19-3/h4-7,10H,8-9,11H2,1-3H3. The lowest BCUT2D eigenvalue weighted by atomic mass is 10.1. The van der Waals surface area contributed by atoms with Crippen molar-refractivity contribution in [3.8, 4) is 5.75 Å². The molecule has 0 heterocycles. The van der Waals surface area contributed by atoms with Crippen LogP contribution in [0.15, 0.2) is 34.9 Å². The van der Waals surface area contributed by atoms with Crippen LogP contribution in [0.4, 0.5) is 0 Å². The van der Waals surface area contributed by atoms with Gasteiger partial charge in [-0.25, -0.2) is 0 Å². The number of halogens is 1. The number of hydrogen-bond donors (Lipinski definition) is 0. The zero-order chi connectivity index (χ0) is 15.7. The summed E-state index contributed by atoms with van der Waals surface area (Å²) in [7, 11) is 5.31. The predicted octanol–water partition coefficient (Wildman–Crippen LogP) is 2.71. The Kier molecular flexibility index (Phi) is 8.04. The molecule has 0 saturated heterocycles. The molecule has 0 aliphatic rings. The van der Waals surface area contributed by atoms with Gasteiger partial charge in [-0.2, -0.15) is 0 Å². The van der Waals surface area contributed by atoms with Crippen molar-refractivity contribution in [2.75, 3.05) is 41.2 Å². The molecule has 0 saturated carbocycles. The van der Waals surface area contributed by atoms with Gasteiger partial charge < -0.3 is 19.1 Å². The van der Waals surface area contributed by atoms with Crippen LogP contribution in [0.3, 0.4) is 0 Å². The molecule has 0 amide bonds. The van der Waals surface area contributed by atoms with Gasteiger partial charge in [0.2, 0.25) is 0 Å². The molecule has 0 atom stereocenters. The van der Waals surface area contributed by atoms with Crippen molar-refractivity contribution in [3.63, 3.8) is 0 Å². The van der Waals surface area contributed by atoms with Crippen molar-refractivity contribution in [1.82, 2.24) is 4.90 Å². The monoisotopic (exact) mass is 357 g/mol. The van der Waals surface area contributed by atoms with Crippen LogP contribution in [0.1, 0.15) is 10.4 Å². The maximum Gasteiger partial charge on any atom is 0.191 e. The minimum atomic E-state index is -0.128. The molecule has 6 heteroatoms. The number of methoxy groups -OCH3 is 1. The Hall–Kier alpha value is -1.37. The number of allylic oxidation sites excluding steroid dienone is 1. The molecule has 0 fully saturated rings. The van der Waals surface area contributed by atoms with Crippen LogP contribution >= 0.6 is 15.9 Å². The molecule has 0 spiro atoms. The number of hydrogen-bond acceptors (Lipinski definition) is 5. The summed E-state index contributed by atoms with van der Waals surface area (Å²) in [6.07, 6.45) is 3.20. The largest absolute Gasteiger partial charge is 0.467 e. The summed E-state index contributed by atoms with van der Waals surface area (Å²) in [4.78, 5) is 14.0. The Morgan fingerprint density at radius 1 is 1.33 bits per heavy atom. The Balaban J connectivity index is 2.73. The maximum absolute atomic E-state index is 12.2. The van der Waals surface area contributed by atoms with Crippen molar-refractivity contribution >= 4 is 21.7 Å². The van der Waals surface area contributed by atoms with E-state index in [1.807, 2.05) is 20.2 Å². The fraction of sp³-hybridized carbons (Fsp3) is 0.400. The third-order valence-electron chi connectivity index (χ3n) is 2.46. The second-order valence-electron chi connectivity index (χ2n) is 4.45. The van der Waals surface area contributed by atoms with Crippen LogP contribution in [0.5, 0.6) is 5.75 Å². The summed E-state index contributed by atoms with van der Waals surface area (Å²) in [5, 5.41) is 0. The van der Waals surface area contributed by atoms with E-state index in [4.69, 9.17) is 14.2 Å². The smallest absolute Gasteiger partial charge is 0.191 e. The second-order valence-corrected chi connectivity index (χ2v) is 5.36. The van der Waals surface area contributed by atoms with Crippen molar-refractivity contribution in [1.29, 1.82) is 0 Å². The normalized spacial score (nSPS) is 10.9. The van der Waals surface area contributed by atoms with Crippen LogP contribution < -0.4 is 4.74 Å². The van der Waals surface area contributed by atoms with E-state index in [1.165, 1.54) is 6.08 Å². The van der Waals surface area contributed by atoms with E-state index in [0.717, 1.165) is 4.47 Å². The Labute approximate surface area is 133 Å². The SMILES string of the molecule is COCCOCOc1ccc(Br)cc1C(=O)C=CN(C)C. The van der Waals surface area contributed by atoms with Gasteiger partial charge in [0.05, 0.1) is 18.8 Å². The van der Waals surface area contributed by atoms with E-state index >= 15 is 0 Å². The highest BCUT2D eigenvalue weighted by Crippen LogP contribution is 2.24. The van der Waals surface area contributed by atoms with Gasteiger partial charge in [-0.3, -0.25) is 4.79 Å². The molecule has 0 aromatic heterocycles. The van der Waals surface area contributed by atoms with Crippen LogP contribution in [0, 0.1) is 0 Å². The van der Waals surface area contributed by atoms with E-state index in [1.54, 1.807) is 30.3 Å². The zero-order valence-corrected chi connectivity index (χ0v) is 14.1. The summed E-state index contributed by atoms with van der Waals surface area (Å²) in [6.45, 7) is 1.01. The second kappa shape index (κ2) is 9.55. The lowest BCUT2D eigenvalue weighted by Crippen LogP contribution is -2.10. The Bertz CT molecular complexity index is 489. The molecule has 1 rings (SSSR count). The molecular weight excluding hydrogens is 338 g/mol. The van der Waals surface area contributed by atoms with Gasteiger partial charge in [-0.05, 0) is 18.2 Å². The van der Waals surface area contributed by atoms with Crippen LogP contribution in [-0.4, -0.2) is 51.9 Å². The first-order valence-electron chi connectivity index (χ1n) is 6.42. The number of carbonyl (C=O) groups is 1. The van der Waals surface area contributed by atoms with Gasteiger partial charge in [-0.15, -0.1) is 0 Å². The minimum absolute atomic E-state index is 0.0721. The zero-order valence-electron chi connectivity index (χ0n) is 12.5. The van der Waals surface area contributed by atoms with Crippen LogP contribution in [0.2, 0.25) is 0 Å². The molecular formula is C15H20BrNO4. The molecule has 0 aliphatic heterocycles. The lowest BCUT2D eigenvalue weighted by Gasteiger charge is -2.11. The van der Waals surface area contributed by atoms with Gasteiger partial charge >= 0.3 is 0 Å². The first-order chi connectivity index (χ1) is 10.0. The molecule has 21 heavy (non-hydrogen) atoms. The third kappa shape index (κ3) is 6.75. The van der Waals surface area contributed by atoms with Gasteiger partial charge in [0.15, 0.2) is 12.6 Å². The number of rotatable bonds is 9. The van der Waals surface area contributed by atoms with Gasteiger partial charge in [-0.1, -0.05) is 15.9 Å². The first-order valence-corrected chi connectivity index (χ1v) is 7.22. The molecule has 0 bridgehead atoms.